The largest absolute Gasteiger partial charge is 0.492 e. The van der Waals surface area contributed by atoms with Crippen molar-refractivity contribution in [3.63, 3.8) is 0 Å². The van der Waals surface area contributed by atoms with Crippen molar-refractivity contribution in [2.45, 2.75) is 13.8 Å². The van der Waals surface area contributed by atoms with E-state index in [1.807, 2.05) is 6.92 Å². The first-order chi connectivity index (χ1) is 12.7. The normalized spacial score (nSPS) is 15.2. The molecule has 3 rings (SSSR count). The van der Waals surface area contributed by atoms with Gasteiger partial charge in [-0.2, -0.15) is 0 Å². The zero-order chi connectivity index (χ0) is 18.5. The topological polar surface area (TPSA) is 70.4 Å². The van der Waals surface area contributed by atoms with Gasteiger partial charge < -0.3 is 23.4 Å². The van der Waals surface area contributed by atoms with Crippen LogP contribution in [0.2, 0.25) is 0 Å². The molecule has 1 fully saturated rings. The standard InChI is InChI=1S/C19H25NO6/c1-4-24-16-14-5-9-25-17(14)19(22-3)18(15(16)13(2)21)26-12-8-20-6-10-23-11-7-20/h5,9H,4,6-8,10-12H2,1-3H3. The average molecular weight is 363 g/mol. The molecule has 1 aromatic heterocycles. The van der Waals surface area contributed by atoms with Gasteiger partial charge in [-0.05, 0) is 19.9 Å². The van der Waals surface area contributed by atoms with Crippen molar-refractivity contribution in [1.82, 2.24) is 4.90 Å². The van der Waals surface area contributed by atoms with Crippen molar-refractivity contribution >= 4 is 16.8 Å². The van der Waals surface area contributed by atoms with Gasteiger partial charge in [0.2, 0.25) is 5.75 Å². The van der Waals surface area contributed by atoms with Crippen LogP contribution in [0.25, 0.3) is 11.0 Å². The van der Waals surface area contributed by atoms with Crippen LogP contribution in [0.15, 0.2) is 16.7 Å². The number of benzene rings is 1. The zero-order valence-electron chi connectivity index (χ0n) is 15.5. The molecule has 26 heavy (non-hydrogen) atoms. The van der Waals surface area contributed by atoms with Gasteiger partial charge in [-0.3, -0.25) is 9.69 Å². The summed E-state index contributed by atoms with van der Waals surface area (Å²) in [7, 11) is 1.54. The first-order valence-corrected chi connectivity index (χ1v) is 8.85. The van der Waals surface area contributed by atoms with E-state index in [9.17, 15) is 4.79 Å². The number of Topliss-reactive ketones (excluding diaryl/α,β-unsaturated/α-hetero) is 1. The van der Waals surface area contributed by atoms with Gasteiger partial charge in [0.05, 0.1) is 38.6 Å². The smallest absolute Gasteiger partial charge is 0.205 e. The second-order valence-corrected chi connectivity index (χ2v) is 6.02. The Bertz CT molecular complexity index is 763. The number of ketones is 1. The van der Waals surface area contributed by atoms with E-state index in [0.717, 1.165) is 32.8 Å². The average Bonchev–Trinajstić information content (AvgIpc) is 3.12. The Kier molecular flexibility index (Phi) is 6.00. The SMILES string of the molecule is CCOc1c(C(C)=O)c(OCCN2CCOCC2)c(OC)c2occc12. The minimum Gasteiger partial charge on any atom is -0.492 e. The fraction of sp³-hybridized carbons (Fsp3) is 0.526. The third kappa shape index (κ3) is 3.64. The van der Waals surface area contributed by atoms with Gasteiger partial charge in [0.1, 0.15) is 17.9 Å². The summed E-state index contributed by atoms with van der Waals surface area (Å²) < 4.78 is 28.2. The van der Waals surface area contributed by atoms with Gasteiger partial charge in [-0.15, -0.1) is 0 Å². The molecule has 0 N–H and O–H groups in total. The monoisotopic (exact) mass is 363 g/mol. The lowest BCUT2D eigenvalue weighted by Crippen LogP contribution is -2.38. The Morgan fingerprint density at radius 2 is 1.96 bits per heavy atom. The van der Waals surface area contributed by atoms with Gasteiger partial charge >= 0.3 is 0 Å². The Labute approximate surface area is 152 Å². The van der Waals surface area contributed by atoms with Gasteiger partial charge in [0.15, 0.2) is 17.1 Å². The molecular weight excluding hydrogens is 338 g/mol. The van der Waals surface area contributed by atoms with Crippen LogP contribution in [-0.4, -0.2) is 63.9 Å². The van der Waals surface area contributed by atoms with Crippen LogP contribution in [0.1, 0.15) is 24.2 Å². The van der Waals surface area contributed by atoms with Crippen LogP contribution in [0.4, 0.5) is 0 Å². The highest BCUT2D eigenvalue weighted by Gasteiger charge is 2.27. The lowest BCUT2D eigenvalue weighted by atomic mass is 10.0. The van der Waals surface area contributed by atoms with E-state index in [1.165, 1.54) is 14.0 Å². The van der Waals surface area contributed by atoms with Gasteiger partial charge in [0.25, 0.3) is 0 Å². The summed E-state index contributed by atoms with van der Waals surface area (Å²) in [5.74, 6) is 1.13. The van der Waals surface area contributed by atoms with Crippen molar-refractivity contribution in [2.24, 2.45) is 0 Å². The first-order valence-electron chi connectivity index (χ1n) is 8.85. The van der Waals surface area contributed by atoms with Crippen LogP contribution >= 0.6 is 0 Å². The van der Waals surface area contributed by atoms with Gasteiger partial charge in [0, 0.05) is 19.6 Å². The minimum absolute atomic E-state index is 0.142. The van der Waals surface area contributed by atoms with Crippen molar-refractivity contribution in [3.8, 4) is 17.2 Å². The van der Waals surface area contributed by atoms with E-state index in [4.69, 9.17) is 23.4 Å². The molecule has 1 aliphatic heterocycles. The van der Waals surface area contributed by atoms with E-state index >= 15 is 0 Å². The molecule has 0 bridgehead atoms. The summed E-state index contributed by atoms with van der Waals surface area (Å²) in [5.41, 5.74) is 0.905. The summed E-state index contributed by atoms with van der Waals surface area (Å²) >= 11 is 0. The predicted octanol–water partition coefficient (Wildman–Crippen LogP) is 2.75. The Hall–Kier alpha value is -2.25. The molecule has 7 heteroatoms. The maximum absolute atomic E-state index is 12.4. The predicted molar refractivity (Wildman–Crippen MR) is 96.7 cm³/mol. The van der Waals surface area contributed by atoms with Crippen molar-refractivity contribution < 1.29 is 28.2 Å². The van der Waals surface area contributed by atoms with Crippen LogP contribution in [0, 0.1) is 0 Å². The fourth-order valence-electron chi connectivity index (χ4n) is 3.16. The highest BCUT2D eigenvalue weighted by atomic mass is 16.5. The number of nitrogens with zero attached hydrogens (tertiary/aromatic N) is 1. The lowest BCUT2D eigenvalue weighted by Gasteiger charge is -2.26. The summed E-state index contributed by atoms with van der Waals surface area (Å²) in [6.45, 7) is 8.18. The van der Waals surface area contributed by atoms with Crippen LogP contribution in [-0.2, 0) is 4.74 Å². The number of carbonyl (C=O) groups excluding carboxylic acids is 1. The second-order valence-electron chi connectivity index (χ2n) is 6.02. The zero-order valence-corrected chi connectivity index (χ0v) is 15.5. The van der Waals surface area contributed by atoms with E-state index in [-0.39, 0.29) is 5.78 Å². The van der Waals surface area contributed by atoms with Gasteiger partial charge in [-0.1, -0.05) is 0 Å². The third-order valence-electron chi connectivity index (χ3n) is 4.38. The molecule has 1 aliphatic rings. The summed E-state index contributed by atoms with van der Waals surface area (Å²) in [4.78, 5) is 14.6. The number of furan rings is 1. The maximum atomic E-state index is 12.4. The molecule has 0 aliphatic carbocycles. The maximum Gasteiger partial charge on any atom is 0.205 e. The molecule has 0 atom stereocenters. The number of hydrogen-bond acceptors (Lipinski definition) is 7. The first kappa shape index (κ1) is 18.5. The van der Waals surface area contributed by atoms with Crippen LogP contribution in [0.5, 0.6) is 17.2 Å². The van der Waals surface area contributed by atoms with E-state index < -0.39 is 0 Å². The number of morpholine rings is 1. The van der Waals surface area contributed by atoms with Crippen LogP contribution in [0.3, 0.4) is 0 Å². The molecule has 0 amide bonds. The quantitative estimate of drug-likeness (QED) is 0.668. The molecule has 0 spiro atoms. The molecule has 1 saturated heterocycles. The molecule has 1 aromatic carbocycles. The number of methoxy groups -OCH3 is 1. The number of rotatable bonds is 8. The van der Waals surface area contributed by atoms with Crippen molar-refractivity contribution in [3.05, 3.63) is 17.9 Å². The Balaban J connectivity index is 1.95. The number of hydrogen-bond donors (Lipinski definition) is 0. The summed E-state index contributed by atoms with van der Waals surface area (Å²) in [6.07, 6.45) is 1.55. The fourth-order valence-corrected chi connectivity index (χ4v) is 3.16. The highest BCUT2D eigenvalue weighted by molar-refractivity contribution is 6.08. The van der Waals surface area contributed by atoms with Gasteiger partial charge in [-0.25, -0.2) is 0 Å². The molecule has 0 radical (unpaired) electrons. The third-order valence-corrected chi connectivity index (χ3v) is 4.38. The van der Waals surface area contributed by atoms with Crippen molar-refractivity contribution in [2.75, 3.05) is 53.2 Å². The van der Waals surface area contributed by atoms with Crippen LogP contribution < -0.4 is 14.2 Å². The molecule has 0 unspecified atom stereocenters. The highest BCUT2D eigenvalue weighted by Crippen LogP contribution is 2.46. The molecule has 2 aromatic rings. The summed E-state index contributed by atoms with van der Waals surface area (Å²) in [5, 5.41) is 0.703. The van der Waals surface area contributed by atoms with E-state index in [2.05, 4.69) is 4.90 Å². The Morgan fingerprint density at radius 1 is 1.19 bits per heavy atom. The van der Waals surface area contributed by atoms with E-state index in [0.29, 0.717) is 47.0 Å². The van der Waals surface area contributed by atoms with E-state index in [1.54, 1.807) is 12.3 Å². The molecule has 2 heterocycles. The Morgan fingerprint density at radius 3 is 2.62 bits per heavy atom. The number of ether oxygens (including phenoxy) is 4. The van der Waals surface area contributed by atoms with Crippen molar-refractivity contribution in [1.29, 1.82) is 0 Å². The second kappa shape index (κ2) is 8.42. The molecular formula is C19H25NO6. The summed E-state index contributed by atoms with van der Waals surface area (Å²) in [6, 6.07) is 1.77. The molecule has 7 nitrogen and oxygen atoms in total. The number of carbonyl (C=O) groups is 1. The molecule has 0 saturated carbocycles. The molecule has 142 valence electrons. The number of fused-ring (bicyclic) bond motifs is 1. The minimum atomic E-state index is -0.142. The lowest BCUT2D eigenvalue weighted by molar-refractivity contribution is 0.0320.